The fourth-order valence-corrected chi connectivity index (χ4v) is 3.07. The summed E-state index contributed by atoms with van der Waals surface area (Å²) in [6.45, 7) is 6.13. The second-order valence-electron chi connectivity index (χ2n) is 6.92. The van der Waals surface area contributed by atoms with Crippen molar-refractivity contribution in [2.75, 3.05) is 17.2 Å². The first-order valence-electron chi connectivity index (χ1n) is 9.17. The first-order chi connectivity index (χ1) is 13.5. The number of aliphatic hydroxyl groups is 1. The summed E-state index contributed by atoms with van der Waals surface area (Å²) in [7, 11) is 0. The van der Waals surface area contributed by atoms with Gasteiger partial charge in [0, 0.05) is 34.2 Å². The molecular formula is C21H24BrN5O. The molecule has 0 bridgehead atoms. The number of rotatable bonds is 7. The molecule has 1 atom stereocenters. The lowest BCUT2D eigenvalue weighted by atomic mass is 10.1. The number of pyridine rings is 1. The highest BCUT2D eigenvalue weighted by atomic mass is 79.9. The fourth-order valence-electron chi connectivity index (χ4n) is 2.71. The summed E-state index contributed by atoms with van der Waals surface area (Å²) < 4.78 is 1.03. The van der Waals surface area contributed by atoms with E-state index in [4.69, 9.17) is 0 Å². The zero-order valence-electron chi connectivity index (χ0n) is 16.1. The maximum atomic E-state index is 9.67. The van der Waals surface area contributed by atoms with Gasteiger partial charge in [-0.15, -0.1) is 0 Å². The van der Waals surface area contributed by atoms with Crippen LogP contribution in [0.3, 0.4) is 0 Å². The monoisotopic (exact) mass is 441 g/mol. The van der Waals surface area contributed by atoms with E-state index in [1.54, 1.807) is 12.4 Å². The van der Waals surface area contributed by atoms with Crippen molar-refractivity contribution in [2.24, 2.45) is 5.92 Å². The van der Waals surface area contributed by atoms with E-state index in [9.17, 15) is 5.11 Å². The molecule has 0 spiro atoms. The maximum absolute atomic E-state index is 9.67. The molecule has 3 rings (SSSR count). The summed E-state index contributed by atoms with van der Waals surface area (Å²) in [5.74, 6) is 1.36. The topological polar surface area (TPSA) is 83.0 Å². The van der Waals surface area contributed by atoms with Gasteiger partial charge >= 0.3 is 0 Å². The lowest BCUT2D eigenvalue weighted by molar-refractivity contribution is 0.248. The molecule has 28 heavy (non-hydrogen) atoms. The highest BCUT2D eigenvalue weighted by molar-refractivity contribution is 9.10. The zero-order valence-corrected chi connectivity index (χ0v) is 17.7. The predicted octanol–water partition coefficient (Wildman–Crippen LogP) is 4.78. The highest BCUT2D eigenvalue weighted by Gasteiger charge is 2.15. The van der Waals surface area contributed by atoms with Crippen LogP contribution < -0.4 is 10.6 Å². The molecule has 2 heterocycles. The second-order valence-corrected chi connectivity index (χ2v) is 7.77. The van der Waals surface area contributed by atoms with E-state index >= 15 is 0 Å². The number of halogens is 1. The Morgan fingerprint density at radius 1 is 1.14 bits per heavy atom. The van der Waals surface area contributed by atoms with Gasteiger partial charge in [0.05, 0.1) is 18.3 Å². The van der Waals surface area contributed by atoms with Crippen molar-refractivity contribution in [3.63, 3.8) is 0 Å². The SMILES string of the molecule is Cc1c(Br)cccc1Nc1cc(-c2cccnc2)nc(N[C@@H](CO)C(C)C)n1. The molecule has 0 saturated carbocycles. The Morgan fingerprint density at radius 3 is 2.64 bits per heavy atom. The number of aromatic nitrogens is 3. The van der Waals surface area contributed by atoms with E-state index in [-0.39, 0.29) is 18.6 Å². The summed E-state index contributed by atoms with van der Waals surface area (Å²) in [5.41, 5.74) is 3.70. The van der Waals surface area contributed by atoms with Crippen molar-refractivity contribution in [2.45, 2.75) is 26.8 Å². The highest BCUT2D eigenvalue weighted by Crippen LogP contribution is 2.28. The van der Waals surface area contributed by atoms with E-state index in [1.807, 2.05) is 57.2 Å². The Labute approximate surface area is 173 Å². The standard InChI is InChI=1S/C21H24BrN5O/c1-13(2)19(12-28)26-21-25-18(15-6-5-9-23-11-15)10-20(27-21)24-17-8-4-7-16(22)14(17)3/h4-11,13,19,28H,12H2,1-3H3,(H2,24,25,26,27)/t19-/m0/s1. The van der Waals surface area contributed by atoms with Gasteiger partial charge in [-0.05, 0) is 42.7 Å². The number of benzene rings is 1. The van der Waals surface area contributed by atoms with E-state index in [0.717, 1.165) is 27.0 Å². The second kappa shape index (κ2) is 9.12. The molecule has 6 nitrogen and oxygen atoms in total. The Morgan fingerprint density at radius 2 is 1.96 bits per heavy atom. The Balaban J connectivity index is 2.00. The minimum absolute atomic E-state index is 0.00560. The van der Waals surface area contributed by atoms with Gasteiger partial charge in [-0.2, -0.15) is 4.98 Å². The van der Waals surface area contributed by atoms with Crippen LogP contribution in [-0.2, 0) is 0 Å². The van der Waals surface area contributed by atoms with Crippen molar-refractivity contribution in [3.8, 4) is 11.3 Å². The van der Waals surface area contributed by atoms with Gasteiger partial charge in [0.2, 0.25) is 5.95 Å². The molecule has 3 aromatic rings. The third-order valence-corrected chi connectivity index (χ3v) is 5.39. The van der Waals surface area contributed by atoms with Gasteiger partial charge in [0.15, 0.2) is 0 Å². The van der Waals surface area contributed by atoms with Crippen LogP contribution in [0.4, 0.5) is 17.5 Å². The molecule has 0 amide bonds. The van der Waals surface area contributed by atoms with Crippen LogP contribution >= 0.6 is 15.9 Å². The van der Waals surface area contributed by atoms with Crippen molar-refractivity contribution >= 4 is 33.4 Å². The Bertz CT molecular complexity index is 933. The van der Waals surface area contributed by atoms with E-state index in [2.05, 4.69) is 41.5 Å². The van der Waals surface area contributed by atoms with Crippen LogP contribution in [0, 0.1) is 12.8 Å². The first kappa shape index (κ1) is 20.2. The molecule has 146 valence electrons. The molecule has 1 aromatic carbocycles. The third kappa shape index (κ3) is 4.85. The van der Waals surface area contributed by atoms with Crippen molar-refractivity contribution in [3.05, 3.63) is 58.8 Å². The molecule has 0 aliphatic heterocycles. The van der Waals surface area contributed by atoms with Crippen molar-refractivity contribution in [1.29, 1.82) is 0 Å². The van der Waals surface area contributed by atoms with Crippen molar-refractivity contribution < 1.29 is 5.11 Å². The van der Waals surface area contributed by atoms with Gasteiger partial charge in [0.25, 0.3) is 0 Å². The number of hydrogen-bond donors (Lipinski definition) is 3. The lowest BCUT2D eigenvalue weighted by Crippen LogP contribution is -2.30. The van der Waals surface area contributed by atoms with Gasteiger partial charge in [-0.1, -0.05) is 35.8 Å². The molecular weight excluding hydrogens is 418 g/mol. The molecule has 0 saturated heterocycles. The lowest BCUT2D eigenvalue weighted by Gasteiger charge is -2.21. The van der Waals surface area contributed by atoms with Gasteiger partial charge in [-0.3, -0.25) is 4.98 Å². The largest absolute Gasteiger partial charge is 0.394 e. The molecule has 3 N–H and O–H groups in total. The van der Waals surface area contributed by atoms with E-state index < -0.39 is 0 Å². The average Bonchev–Trinajstić information content (AvgIpc) is 2.70. The first-order valence-corrected chi connectivity index (χ1v) is 9.96. The number of nitrogens with zero attached hydrogens (tertiary/aromatic N) is 3. The molecule has 0 aliphatic carbocycles. The fraction of sp³-hybridized carbons (Fsp3) is 0.286. The molecule has 0 unspecified atom stereocenters. The van der Waals surface area contributed by atoms with Gasteiger partial charge in [0.1, 0.15) is 5.82 Å². The zero-order chi connectivity index (χ0) is 20.1. The molecule has 0 radical (unpaired) electrons. The Kier molecular flexibility index (Phi) is 6.59. The number of hydrogen-bond acceptors (Lipinski definition) is 6. The summed E-state index contributed by atoms with van der Waals surface area (Å²) in [5, 5.41) is 16.3. The van der Waals surface area contributed by atoms with Crippen LogP contribution in [-0.4, -0.2) is 32.7 Å². The Hall–Kier alpha value is -2.51. The minimum atomic E-state index is -0.135. The average molecular weight is 442 g/mol. The van der Waals surface area contributed by atoms with Crippen LogP contribution in [0.1, 0.15) is 19.4 Å². The van der Waals surface area contributed by atoms with Gasteiger partial charge < -0.3 is 15.7 Å². The van der Waals surface area contributed by atoms with Crippen molar-refractivity contribution in [1.82, 2.24) is 15.0 Å². The quantitative estimate of drug-likeness (QED) is 0.489. The van der Waals surface area contributed by atoms with Crippen LogP contribution in [0.15, 0.2) is 53.3 Å². The summed E-state index contributed by atoms with van der Waals surface area (Å²) in [4.78, 5) is 13.4. The summed E-state index contributed by atoms with van der Waals surface area (Å²) >= 11 is 3.56. The maximum Gasteiger partial charge on any atom is 0.225 e. The van der Waals surface area contributed by atoms with Gasteiger partial charge in [-0.25, -0.2) is 4.98 Å². The number of anilines is 3. The molecule has 7 heteroatoms. The predicted molar refractivity (Wildman–Crippen MR) is 117 cm³/mol. The minimum Gasteiger partial charge on any atom is -0.394 e. The normalized spacial score (nSPS) is 12.1. The molecule has 2 aromatic heterocycles. The molecule has 0 aliphatic rings. The van der Waals surface area contributed by atoms with Crippen LogP contribution in [0.25, 0.3) is 11.3 Å². The number of nitrogens with one attached hydrogen (secondary N) is 2. The van der Waals surface area contributed by atoms with E-state index in [1.165, 1.54) is 0 Å². The molecule has 0 fully saturated rings. The smallest absolute Gasteiger partial charge is 0.225 e. The summed E-state index contributed by atoms with van der Waals surface area (Å²) in [6, 6.07) is 11.6. The van der Waals surface area contributed by atoms with E-state index in [0.29, 0.717) is 11.8 Å². The number of aliphatic hydroxyl groups excluding tert-OH is 1. The third-order valence-electron chi connectivity index (χ3n) is 4.53. The summed E-state index contributed by atoms with van der Waals surface area (Å²) in [6.07, 6.45) is 3.50. The van der Waals surface area contributed by atoms with Crippen LogP contribution in [0.2, 0.25) is 0 Å². The van der Waals surface area contributed by atoms with Crippen LogP contribution in [0.5, 0.6) is 0 Å².